The van der Waals surface area contributed by atoms with Crippen LogP contribution in [0.15, 0.2) is 60.0 Å². The number of hydrogen-bond donors (Lipinski definition) is 1. The summed E-state index contributed by atoms with van der Waals surface area (Å²) in [6.45, 7) is 2.22. The van der Waals surface area contributed by atoms with Crippen molar-refractivity contribution in [1.29, 1.82) is 0 Å². The Bertz CT molecular complexity index is 936. The molecule has 0 unspecified atom stereocenters. The molecule has 3 rings (SSSR count). The molecule has 130 valence electrons. The number of para-hydroxylation sites is 1. The van der Waals surface area contributed by atoms with Crippen LogP contribution in [-0.2, 0) is 10.0 Å². The van der Waals surface area contributed by atoms with Gasteiger partial charge in [-0.05, 0) is 31.2 Å². The van der Waals surface area contributed by atoms with Crippen LogP contribution in [0.3, 0.4) is 0 Å². The fraction of sp³-hybridized carbons (Fsp3) is 0.167. The van der Waals surface area contributed by atoms with E-state index in [1.54, 1.807) is 0 Å². The first-order valence-electron chi connectivity index (χ1n) is 7.83. The maximum Gasteiger partial charge on any atom is 0.232 e. The summed E-state index contributed by atoms with van der Waals surface area (Å²) in [6.07, 6.45) is 1.21. The first kappa shape index (κ1) is 17.4. The van der Waals surface area contributed by atoms with E-state index in [1.165, 1.54) is 21.9 Å². The van der Waals surface area contributed by atoms with Gasteiger partial charge in [-0.1, -0.05) is 30.3 Å². The molecule has 0 saturated heterocycles. The highest BCUT2D eigenvalue weighted by atomic mass is 32.2. The lowest BCUT2D eigenvalue weighted by Crippen LogP contribution is -2.29. The zero-order chi connectivity index (χ0) is 17.9. The molecule has 1 heterocycles. The zero-order valence-corrected chi connectivity index (χ0v) is 15.6. The summed E-state index contributed by atoms with van der Waals surface area (Å²) < 4.78 is 25.0. The van der Waals surface area contributed by atoms with Crippen molar-refractivity contribution in [3.63, 3.8) is 0 Å². The molecule has 25 heavy (non-hydrogen) atoms. The van der Waals surface area contributed by atoms with Gasteiger partial charge in [0.1, 0.15) is 0 Å². The van der Waals surface area contributed by atoms with Crippen LogP contribution in [0.25, 0.3) is 11.3 Å². The molecular formula is C18H19N3O2S2. The molecule has 0 spiro atoms. The van der Waals surface area contributed by atoms with Gasteiger partial charge in [-0.3, -0.25) is 4.31 Å². The summed E-state index contributed by atoms with van der Waals surface area (Å²) in [6, 6.07) is 17.3. The molecule has 2 aromatic carbocycles. The molecule has 0 aliphatic carbocycles. The Kier molecular flexibility index (Phi) is 5.06. The van der Waals surface area contributed by atoms with Crippen LogP contribution in [0.5, 0.6) is 0 Å². The van der Waals surface area contributed by atoms with Crippen molar-refractivity contribution in [2.24, 2.45) is 0 Å². The molecule has 0 fully saturated rings. The maximum absolute atomic E-state index is 11.8. The lowest BCUT2D eigenvalue weighted by Gasteiger charge is -2.20. The predicted octanol–water partition coefficient (Wildman–Crippen LogP) is 4.34. The van der Waals surface area contributed by atoms with Crippen molar-refractivity contribution < 1.29 is 8.42 Å². The third-order valence-electron chi connectivity index (χ3n) is 3.67. The number of nitrogens with zero attached hydrogens (tertiary/aromatic N) is 2. The van der Waals surface area contributed by atoms with Crippen molar-refractivity contribution in [3.05, 3.63) is 60.0 Å². The van der Waals surface area contributed by atoms with Crippen LogP contribution in [0.1, 0.15) is 6.92 Å². The number of aromatic nitrogens is 1. The Labute approximate surface area is 152 Å². The fourth-order valence-electron chi connectivity index (χ4n) is 2.52. The normalized spacial score (nSPS) is 11.3. The van der Waals surface area contributed by atoms with Crippen molar-refractivity contribution >= 4 is 37.9 Å². The van der Waals surface area contributed by atoms with Crippen LogP contribution in [0, 0.1) is 0 Å². The van der Waals surface area contributed by atoms with Crippen LogP contribution >= 0.6 is 11.3 Å². The lowest BCUT2D eigenvalue weighted by atomic mass is 10.1. The number of thiazole rings is 1. The number of sulfonamides is 1. The largest absolute Gasteiger partial charge is 0.332 e. The molecular weight excluding hydrogens is 354 g/mol. The number of benzene rings is 2. The second-order valence-electron chi connectivity index (χ2n) is 5.50. The monoisotopic (exact) mass is 373 g/mol. The van der Waals surface area contributed by atoms with E-state index >= 15 is 0 Å². The third-order valence-corrected chi connectivity index (χ3v) is 5.70. The van der Waals surface area contributed by atoms with Crippen LogP contribution in [0.2, 0.25) is 0 Å². The first-order chi connectivity index (χ1) is 12.0. The molecule has 0 radical (unpaired) electrons. The Morgan fingerprint density at radius 3 is 2.36 bits per heavy atom. The highest BCUT2D eigenvalue weighted by Gasteiger charge is 2.15. The highest BCUT2D eigenvalue weighted by molar-refractivity contribution is 7.92. The lowest BCUT2D eigenvalue weighted by molar-refractivity contribution is 0.598. The van der Waals surface area contributed by atoms with E-state index in [0.29, 0.717) is 12.2 Å². The van der Waals surface area contributed by atoms with E-state index < -0.39 is 10.0 Å². The Morgan fingerprint density at radius 2 is 1.76 bits per heavy atom. The van der Waals surface area contributed by atoms with Gasteiger partial charge in [0.15, 0.2) is 5.13 Å². The van der Waals surface area contributed by atoms with Crippen molar-refractivity contribution in [2.75, 3.05) is 22.4 Å². The van der Waals surface area contributed by atoms with E-state index in [1.807, 2.05) is 66.9 Å². The number of nitrogens with one attached hydrogen (secondary N) is 1. The van der Waals surface area contributed by atoms with Gasteiger partial charge in [-0.15, -0.1) is 11.3 Å². The van der Waals surface area contributed by atoms with Gasteiger partial charge in [0, 0.05) is 23.2 Å². The van der Waals surface area contributed by atoms with Gasteiger partial charge in [-0.2, -0.15) is 0 Å². The summed E-state index contributed by atoms with van der Waals surface area (Å²) in [5.41, 5.74) is 3.46. The molecule has 0 atom stereocenters. The third kappa shape index (κ3) is 4.18. The van der Waals surface area contributed by atoms with Crippen LogP contribution in [0.4, 0.5) is 16.5 Å². The highest BCUT2D eigenvalue weighted by Crippen LogP contribution is 2.29. The summed E-state index contributed by atoms with van der Waals surface area (Å²) in [5.74, 6) is 0. The average molecular weight is 374 g/mol. The minimum atomic E-state index is -3.27. The van der Waals surface area contributed by atoms with Gasteiger partial charge in [0.2, 0.25) is 10.0 Å². The molecule has 5 nitrogen and oxygen atoms in total. The second kappa shape index (κ2) is 7.25. The first-order valence-corrected chi connectivity index (χ1v) is 10.6. The molecule has 3 aromatic rings. The maximum atomic E-state index is 11.8. The smallest absolute Gasteiger partial charge is 0.232 e. The molecule has 7 heteroatoms. The molecule has 0 aliphatic rings. The molecule has 1 N–H and O–H groups in total. The minimum absolute atomic E-state index is 0.403. The minimum Gasteiger partial charge on any atom is -0.332 e. The van der Waals surface area contributed by atoms with Gasteiger partial charge in [0.25, 0.3) is 0 Å². The number of anilines is 3. The van der Waals surface area contributed by atoms with E-state index in [-0.39, 0.29) is 0 Å². The number of rotatable bonds is 6. The summed E-state index contributed by atoms with van der Waals surface area (Å²) in [5, 5.41) is 6.07. The molecule has 0 aliphatic heterocycles. The summed E-state index contributed by atoms with van der Waals surface area (Å²) in [7, 11) is -3.27. The van der Waals surface area contributed by atoms with Crippen molar-refractivity contribution in [1.82, 2.24) is 4.98 Å². The standard InChI is InChI=1S/C18H19N3O2S2/c1-3-21(25(2,22)23)16-11-9-14(10-12-16)17-13-24-18(20-17)19-15-7-5-4-6-8-15/h4-13H,3H2,1-2H3,(H,19,20). The van der Waals surface area contributed by atoms with Crippen LogP contribution in [-0.4, -0.2) is 26.2 Å². The Balaban J connectivity index is 1.79. The number of hydrogen-bond acceptors (Lipinski definition) is 5. The Hall–Kier alpha value is -2.38. The molecule has 0 saturated carbocycles. The van der Waals surface area contributed by atoms with E-state index in [4.69, 9.17) is 0 Å². The summed E-state index contributed by atoms with van der Waals surface area (Å²) >= 11 is 1.53. The average Bonchev–Trinajstić information content (AvgIpc) is 3.04. The van der Waals surface area contributed by atoms with Gasteiger partial charge in [-0.25, -0.2) is 13.4 Å². The van der Waals surface area contributed by atoms with E-state index in [2.05, 4.69) is 10.3 Å². The zero-order valence-electron chi connectivity index (χ0n) is 14.0. The predicted molar refractivity (Wildman–Crippen MR) is 105 cm³/mol. The summed E-state index contributed by atoms with van der Waals surface area (Å²) in [4.78, 5) is 4.59. The van der Waals surface area contributed by atoms with Gasteiger partial charge in [0.05, 0.1) is 17.6 Å². The molecule has 1 aromatic heterocycles. The quantitative estimate of drug-likeness (QED) is 0.698. The van der Waals surface area contributed by atoms with Crippen molar-refractivity contribution in [3.8, 4) is 11.3 Å². The van der Waals surface area contributed by atoms with E-state index in [9.17, 15) is 8.42 Å². The second-order valence-corrected chi connectivity index (χ2v) is 8.27. The van der Waals surface area contributed by atoms with E-state index in [0.717, 1.165) is 22.1 Å². The SMILES string of the molecule is CCN(c1ccc(-c2csc(Nc3ccccc3)n2)cc1)S(C)(=O)=O. The fourth-order valence-corrected chi connectivity index (χ4v) is 4.23. The van der Waals surface area contributed by atoms with Crippen LogP contribution < -0.4 is 9.62 Å². The van der Waals surface area contributed by atoms with Gasteiger partial charge >= 0.3 is 0 Å². The van der Waals surface area contributed by atoms with Crippen molar-refractivity contribution in [2.45, 2.75) is 6.92 Å². The van der Waals surface area contributed by atoms with Gasteiger partial charge < -0.3 is 5.32 Å². The topological polar surface area (TPSA) is 62.3 Å². The Morgan fingerprint density at radius 1 is 1.08 bits per heavy atom. The molecule has 0 amide bonds. The molecule has 0 bridgehead atoms.